The van der Waals surface area contributed by atoms with Crippen LogP contribution in [0.1, 0.15) is 28.9 Å². The molecule has 2 aromatic rings. The Kier molecular flexibility index (Phi) is 4.52. The number of rotatable bonds is 3. The maximum atomic E-state index is 12.5. The molecule has 1 aromatic heterocycles. The first-order valence-corrected chi connectivity index (χ1v) is 7.10. The van der Waals surface area contributed by atoms with Gasteiger partial charge in [0.2, 0.25) is 0 Å². The standard InChI is InChI=1S/C15H15IN2O/c1-11(12-7-9-17-10-8-12)18(2)15(19)13-5-3-4-6-14(13)16/h3-11H,1-2H3. The molecule has 1 atom stereocenters. The Morgan fingerprint density at radius 2 is 1.84 bits per heavy atom. The highest BCUT2D eigenvalue weighted by Gasteiger charge is 2.20. The summed E-state index contributed by atoms with van der Waals surface area (Å²) in [6, 6.07) is 11.5. The quantitative estimate of drug-likeness (QED) is 0.779. The number of nitrogens with zero attached hydrogens (tertiary/aromatic N) is 2. The van der Waals surface area contributed by atoms with Gasteiger partial charge in [-0.2, -0.15) is 0 Å². The first-order chi connectivity index (χ1) is 9.11. The largest absolute Gasteiger partial charge is 0.335 e. The minimum atomic E-state index is 0.0199. The molecule has 19 heavy (non-hydrogen) atoms. The lowest BCUT2D eigenvalue weighted by Crippen LogP contribution is -2.30. The molecule has 1 unspecified atom stereocenters. The Bertz CT molecular complexity index is 571. The third kappa shape index (κ3) is 3.12. The second kappa shape index (κ2) is 6.14. The summed E-state index contributed by atoms with van der Waals surface area (Å²) >= 11 is 2.19. The molecule has 0 bridgehead atoms. The average Bonchev–Trinajstić information content (AvgIpc) is 2.46. The Balaban J connectivity index is 2.23. The highest BCUT2D eigenvalue weighted by Crippen LogP contribution is 2.21. The van der Waals surface area contributed by atoms with E-state index < -0.39 is 0 Å². The second-order valence-corrected chi connectivity index (χ2v) is 5.51. The summed E-state index contributed by atoms with van der Waals surface area (Å²) in [5, 5.41) is 0. The maximum Gasteiger partial charge on any atom is 0.255 e. The zero-order valence-corrected chi connectivity index (χ0v) is 13.0. The maximum absolute atomic E-state index is 12.5. The van der Waals surface area contributed by atoms with E-state index in [1.54, 1.807) is 17.3 Å². The van der Waals surface area contributed by atoms with Crippen molar-refractivity contribution in [3.8, 4) is 0 Å². The van der Waals surface area contributed by atoms with Gasteiger partial charge in [-0.15, -0.1) is 0 Å². The molecule has 0 fully saturated rings. The van der Waals surface area contributed by atoms with Gasteiger partial charge in [0, 0.05) is 23.0 Å². The Morgan fingerprint density at radius 1 is 1.21 bits per heavy atom. The van der Waals surface area contributed by atoms with E-state index in [1.807, 2.05) is 50.4 Å². The van der Waals surface area contributed by atoms with Gasteiger partial charge < -0.3 is 4.90 Å². The van der Waals surface area contributed by atoms with Crippen LogP contribution in [0.4, 0.5) is 0 Å². The molecule has 0 saturated heterocycles. The van der Waals surface area contributed by atoms with E-state index in [0.717, 1.165) is 14.7 Å². The van der Waals surface area contributed by atoms with Crippen LogP contribution in [0.3, 0.4) is 0 Å². The SMILES string of the molecule is CC(c1ccncc1)N(C)C(=O)c1ccccc1I. The van der Waals surface area contributed by atoms with Gasteiger partial charge in [-0.3, -0.25) is 9.78 Å². The van der Waals surface area contributed by atoms with Gasteiger partial charge in [0.05, 0.1) is 11.6 Å². The van der Waals surface area contributed by atoms with Gasteiger partial charge in [0.1, 0.15) is 0 Å². The zero-order chi connectivity index (χ0) is 13.8. The Hall–Kier alpha value is -1.43. The number of pyridine rings is 1. The summed E-state index contributed by atoms with van der Waals surface area (Å²) in [6.07, 6.45) is 3.49. The predicted octanol–water partition coefficient (Wildman–Crippen LogP) is 3.52. The fraction of sp³-hybridized carbons (Fsp3) is 0.200. The molecular formula is C15H15IN2O. The van der Waals surface area contributed by atoms with Crippen molar-refractivity contribution in [1.82, 2.24) is 9.88 Å². The van der Waals surface area contributed by atoms with Crippen LogP contribution in [0.25, 0.3) is 0 Å². The molecule has 98 valence electrons. The number of amides is 1. The van der Waals surface area contributed by atoms with Crippen LogP contribution in [0.2, 0.25) is 0 Å². The minimum Gasteiger partial charge on any atom is -0.335 e. The summed E-state index contributed by atoms with van der Waals surface area (Å²) < 4.78 is 0.971. The molecule has 2 rings (SSSR count). The molecule has 0 aliphatic heterocycles. The van der Waals surface area contributed by atoms with Crippen LogP contribution in [0.5, 0.6) is 0 Å². The summed E-state index contributed by atoms with van der Waals surface area (Å²) in [4.78, 5) is 18.2. The summed E-state index contributed by atoms with van der Waals surface area (Å²) in [7, 11) is 1.83. The number of carbonyl (C=O) groups is 1. The number of benzene rings is 1. The van der Waals surface area contributed by atoms with Gasteiger partial charge in [0.25, 0.3) is 5.91 Å². The topological polar surface area (TPSA) is 33.2 Å². The average molecular weight is 366 g/mol. The fourth-order valence-electron chi connectivity index (χ4n) is 1.87. The predicted molar refractivity (Wildman–Crippen MR) is 83.9 cm³/mol. The molecule has 1 heterocycles. The molecule has 1 amide bonds. The van der Waals surface area contributed by atoms with E-state index in [4.69, 9.17) is 0 Å². The van der Waals surface area contributed by atoms with Crippen molar-refractivity contribution in [1.29, 1.82) is 0 Å². The van der Waals surface area contributed by atoms with E-state index >= 15 is 0 Å². The lowest BCUT2D eigenvalue weighted by molar-refractivity contribution is 0.0741. The van der Waals surface area contributed by atoms with Gasteiger partial charge >= 0.3 is 0 Å². The molecule has 0 N–H and O–H groups in total. The van der Waals surface area contributed by atoms with E-state index in [0.29, 0.717) is 0 Å². The van der Waals surface area contributed by atoms with Crippen molar-refractivity contribution < 1.29 is 4.79 Å². The third-order valence-corrected chi connectivity index (χ3v) is 4.13. The van der Waals surface area contributed by atoms with E-state index in [-0.39, 0.29) is 11.9 Å². The summed E-state index contributed by atoms with van der Waals surface area (Å²) in [5.41, 5.74) is 1.82. The molecule has 0 aliphatic rings. The number of halogens is 1. The Morgan fingerprint density at radius 3 is 2.47 bits per heavy atom. The van der Waals surface area contributed by atoms with Crippen LogP contribution >= 0.6 is 22.6 Å². The highest BCUT2D eigenvalue weighted by atomic mass is 127. The minimum absolute atomic E-state index is 0.0199. The van der Waals surface area contributed by atoms with Crippen molar-refractivity contribution >= 4 is 28.5 Å². The normalized spacial score (nSPS) is 11.9. The van der Waals surface area contributed by atoms with Crippen LogP contribution in [-0.2, 0) is 0 Å². The highest BCUT2D eigenvalue weighted by molar-refractivity contribution is 14.1. The van der Waals surface area contributed by atoms with Crippen molar-refractivity contribution in [3.63, 3.8) is 0 Å². The van der Waals surface area contributed by atoms with Crippen molar-refractivity contribution in [3.05, 3.63) is 63.5 Å². The summed E-state index contributed by atoms with van der Waals surface area (Å²) in [6.45, 7) is 2.02. The molecular weight excluding hydrogens is 351 g/mol. The number of hydrogen-bond acceptors (Lipinski definition) is 2. The molecule has 0 aliphatic carbocycles. The first-order valence-electron chi connectivity index (χ1n) is 6.03. The van der Waals surface area contributed by atoms with Crippen molar-refractivity contribution in [2.45, 2.75) is 13.0 Å². The lowest BCUT2D eigenvalue weighted by atomic mass is 10.1. The summed E-state index contributed by atoms with van der Waals surface area (Å²) in [5.74, 6) is 0.0364. The molecule has 1 aromatic carbocycles. The van der Waals surface area contributed by atoms with E-state index in [1.165, 1.54) is 0 Å². The number of hydrogen-bond donors (Lipinski definition) is 0. The molecule has 4 heteroatoms. The van der Waals surface area contributed by atoms with Gasteiger partial charge in [-0.25, -0.2) is 0 Å². The molecule has 0 radical (unpaired) electrons. The smallest absolute Gasteiger partial charge is 0.255 e. The first kappa shape index (κ1) is 14.0. The monoisotopic (exact) mass is 366 g/mol. The van der Waals surface area contributed by atoms with Crippen LogP contribution in [0, 0.1) is 3.57 Å². The number of aromatic nitrogens is 1. The molecule has 0 saturated carbocycles. The third-order valence-electron chi connectivity index (χ3n) is 3.19. The van der Waals surface area contributed by atoms with Crippen molar-refractivity contribution in [2.24, 2.45) is 0 Å². The van der Waals surface area contributed by atoms with Crippen LogP contribution < -0.4 is 0 Å². The van der Waals surface area contributed by atoms with Gasteiger partial charge in [-0.1, -0.05) is 12.1 Å². The van der Waals surface area contributed by atoms with E-state index in [2.05, 4.69) is 27.6 Å². The van der Waals surface area contributed by atoms with Crippen molar-refractivity contribution in [2.75, 3.05) is 7.05 Å². The zero-order valence-electron chi connectivity index (χ0n) is 10.9. The fourth-order valence-corrected chi connectivity index (χ4v) is 2.48. The lowest BCUT2D eigenvalue weighted by Gasteiger charge is -2.25. The number of carbonyl (C=O) groups excluding carboxylic acids is 1. The second-order valence-electron chi connectivity index (χ2n) is 4.35. The molecule has 3 nitrogen and oxygen atoms in total. The molecule has 0 spiro atoms. The van der Waals surface area contributed by atoms with Gasteiger partial charge in [-0.05, 0) is 59.3 Å². The van der Waals surface area contributed by atoms with Crippen LogP contribution in [-0.4, -0.2) is 22.8 Å². The Labute approximate surface area is 126 Å². The van der Waals surface area contributed by atoms with Gasteiger partial charge in [0.15, 0.2) is 0 Å². The van der Waals surface area contributed by atoms with Crippen LogP contribution in [0.15, 0.2) is 48.8 Å². The van der Waals surface area contributed by atoms with E-state index in [9.17, 15) is 4.79 Å².